The Morgan fingerprint density at radius 1 is 0.943 bits per heavy atom. The van der Waals surface area contributed by atoms with Crippen molar-refractivity contribution >= 4 is 22.7 Å². The summed E-state index contributed by atoms with van der Waals surface area (Å²) in [6, 6.07) is 27.7. The van der Waals surface area contributed by atoms with Crippen LogP contribution >= 0.6 is 11.8 Å². The van der Waals surface area contributed by atoms with E-state index < -0.39 is 5.82 Å². The van der Waals surface area contributed by atoms with Gasteiger partial charge in [0.2, 0.25) is 0 Å². The number of halogens is 1. The molecule has 0 unspecified atom stereocenters. The Morgan fingerprint density at radius 3 is 2.29 bits per heavy atom. The summed E-state index contributed by atoms with van der Waals surface area (Å²) >= 11 is 1.41. The van der Waals surface area contributed by atoms with Crippen LogP contribution < -0.4 is 15.6 Å². The maximum Gasteiger partial charge on any atom is 0.318 e. The van der Waals surface area contributed by atoms with Crippen molar-refractivity contribution < 1.29 is 9.13 Å². The molecule has 0 spiro atoms. The number of nitrogens with zero attached hydrogens (tertiary/aromatic N) is 4. The molecular weight excluding hydrogens is 461 g/mol. The van der Waals surface area contributed by atoms with Gasteiger partial charge < -0.3 is 4.74 Å². The van der Waals surface area contributed by atoms with Crippen LogP contribution in [0.1, 0.15) is 22.3 Å². The van der Waals surface area contributed by atoms with Crippen molar-refractivity contribution in [1.82, 2.24) is 9.97 Å². The van der Waals surface area contributed by atoms with Crippen LogP contribution in [0, 0.1) is 12.7 Å². The van der Waals surface area contributed by atoms with Crippen LogP contribution in [0.25, 0.3) is 0 Å². The van der Waals surface area contributed by atoms with Crippen molar-refractivity contribution in [3.8, 4) is 6.01 Å². The largest absolute Gasteiger partial charge is 0.459 e. The smallest absolute Gasteiger partial charge is 0.318 e. The Hall–Kier alpha value is -3.75. The van der Waals surface area contributed by atoms with Gasteiger partial charge in [-0.3, -0.25) is 4.99 Å². The molecule has 0 amide bonds. The van der Waals surface area contributed by atoms with Crippen LogP contribution in [0.2, 0.25) is 0 Å². The van der Waals surface area contributed by atoms with E-state index in [1.807, 2.05) is 91.9 Å². The van der Waals surface area contributed by atoms with Gasteiger partial charge in [0, 0.05) is 5.75 Å². The Labute approximate surface area is 208 Å². The van der Waals surface area contributed by atoms with E-state index >= 15 is 0 Å². The van der Waals surface area contributed by atoms with Crippen LogP contribution in [0.15, 0.2) is 96.1 Å². The molecule has 3 aromatic carbocycles. The first kappa shape index (κ1) is 24.4. The number of benzene rings is 3. The zero-order chi connectivity index (χ0) is 24.5. The summed E-state index contributed by atoms with van der Waals surface area (Å²) in [4.78, 5) is 12.9. The number of aliphatic imine (C=N–C) groups is 1. The quantitative estimate of drug-likeness (QED) is 0.149. The van der Waals surface area contributed by atoms with E-state index in [1.54, 1.807) is 0 Å². The number of aryl methyl sites for hydroxylation is 1. The molecule has 0 saturated heterocycles. The summed E-state index contributed by atoms with van der Waals surface area (Å²) in [5, 5.41) is 1.59. The molecule has 4 rings (SSSR count). The van der Waals surface area contributed by atoms with Gasteiger partial charge in [-0.25, -0.2) is 20.2 Å². The molecule has 0 aliphatic heterocycles. The minimum atomic E-state index is -0.664. The molecule has 0 aliphatic rings. The molecule has 178 valence electrons. The van der Waals surface area contributed by atoms with E-state index in [4.69, 9.17) is 10.6 Å². The molecule has 4 aromatic rings. The van der Waals surface area contributed by atoms with Gasteiger partial charge in [0.15, 0.2) is 16.8 Å². The Bertz CT molecular complexity index is 1250. The number of hydrogen-bond acceptors (Lipinski definition) is 6. The minimum absolute atomic E-state index is 0.0351. The third kappa shape index (κ3) is 7.11. The molecule has 1 aromatic heterocycles. The molecule has 2 N–H and O–H groups in total. The molecule has 0 radical (unpaired) electrons. The standard InChI is InChI=1S/C27H26FN5OS/c1-20-12-14-22(15-13-20)18-34-26-30-17-24(28)25(32-26)33(29)27(31-16-21-8-4-2-5-9-21)35-19-23-10-6-3-7-11-23/h2-15,17H,16,18-19,29H2,1H3. The van der Waals surface area contributed by atoms with Gasteiger partial charge in [0.1, 0.15) is 6.61 Å². The highest BCUT2D eigenvalue weighted by Crippen LogP contribution is 2.23. The number of thioether (sulfide) groups is 1. The highest BCUT2D eigenvalue weighted by molar-refractivity contribution is 8.13. The summed E-state index contributed by atoms with van der Waals surface area (Å²) in [6.07, 6.45) is 1.06. The van der Waals surface area contributed by atoms with E-state index in [0.717, 1.165) is 33.5 Å². The van der Waals surface area contributed by atoms with Gasteiger partial charge in [0.25, 0.3) is 0 Å². The third-order valence-electron chi connectivity index (χ3n) is 5.08. The predicted molar refractivity (Wildman–Crippen MR) is 139 cm³/mol. The van der Waals surface area contributed by atoms with Crippen molar-refractivity contribution in [3.05, 3.63) is 119 Å². The molecule has 0 saturated carbocycles. The Balaban J connectivity index is 1.53. The minimum Gasteiger partial charge on any atom is -0.459 e. The molecule has 6 nitrogen and oxygen atoms in total. The van der Waals surface area contributed by atoms with Crippen molar-refractivity contribution in [2.75, 3.05) is 5.01 Å². The average molecular weight is 488 g/mol. The van der Waals surface area contributed by atoms with Gasteiger partial charge >= 0.3 is 6.01 Å². The molecule has 35 heavy (non-hydrogen) atoms. The van der Waals surface area contributed by atoms with Crippen LogP contribution in [0.3, 0.4) is 0 Å². The highest BCUT2D eigenvalue weighted by atomic mass is 32.2. The van der Waals surface area contributed by atoms with E-state index in [1.165, 1.54) is 11.8 Å². The van der Waals surface area contributed by atoms with E-state index in [9.17, 15) is 4.39 Å². The zero-order valence-electron chi connectivity index (χ0n) is 19.3. The van der Waals surface area contributed by atoms with Gasteiger partial charge in [-0.15, -0.1) is 0 Å². The van der Waals surface area contributed by atoms with Crippen molar-refractivity contribution in [2.45, 2.75) is 25.8 Å². The van der Waals surface area contributed by atoms with Crippen molar-refractivity contribution in [2.24, 2.45) is 10.8 Å². The lowest BCUT2D eigenvalue weighted by molar-refractivity contribution is 0.279. The van der Waals surface area contributed by atoms with E-state index in [0.29, 0.717) is 17.5 Å². The Morgan fingerprint density at radius 2 is 1.60 bits per heavy atom. The van der Waals surface area contributed by atoms with Crippen molar-refractivity contribution in [1.29, 1.82) is 0 Å². The number of amidine groups is 1. The summed E-state index contributed by atoms with van der Waals surface area (Å²) in [7, 11) is 0. The monoisotopic (exact) mass is 487 g/mol. The predicted octanol–water partition coefficient (Wildman–Crippen LogP) is 5.67. The molecule has 0 aliphatic carbocycles. The fraction of sp³-hybridized carbons (Fsp3) is 0.148. The number of hydrogen-bond donors (Lipinski definition) is 1. The third-order valence-corrected chi connectivity index (χ3v) is 6.14. The number of rotatable bonds is 8. The first-order valence-corrected chi connectivity index (χ1v) is 12.1. The molecule has 8 heteroatoms. The van der Waals surface area contributed by atoms with Crippen LogP contribution in [0.4, 0.5) is 10.2 Å². The van der Waals surface area contributed by atoms with Gasteiger partial charge in [0.05, 0.1) is 12.7 Å². The fourth-order valence-corrected chi connectivity index (χ4v) is 4.03. The number of anilines is 1. The number of aromatic nitrogens is 2. The van der Waals surface area contributed by atoms with E-state index in [2.05, 4.69) is 15.0 Å². The number of ether oxygens (including phenoxy) is 1. The highest BCUT2D eigenvalue weighted by Gasteiger charge is 2.19. The molecule has 1 heterocycles. The first-order chi connectivity index (χ1) is 17.1. The fourth-order valence-electron chi connectivity index (χ4n) is 3.16. The lowest BCUT2D eigenvalue weighted by Gasteiger charge is -2.20. The average Bonchev–Trinajstić information content (AvgIpc) is 2.90. The van der Waals surface area contributed by atoms with Crippen LogP contribution in [0.5, 0.6) is 6.01 Å². The normalized spacial score (nSPS) is 11.3. The molecule has 0 atom stereocenters. The van der Waals surface area contributed by atoms with Crippen molar-refractivity contribution in [3.63, 3.8) is 0 Å². The zero-order valence-corrected chi connectivity index (χ0v) is 20.2. The maximum atomic E-state index is 14.7. The van der Waals surface area contributed by atoms with Gasteiger partial charge in [-0.05, 0) is 23.6 Å². The SMILES string of the molecule is Cc1ccc(COc2ncc(F)c(N(N)C(=NCc3ccccc3)SCc3ccccc3)n2)cc1. The van der Waals surface area contributed by atoms with Gasteiger partial charge in [-0.1, -0.05) is 102 Å². The van der Waals surface area contributed by atoms with Crippen LogP contribution in [-0.4, -0.2) is 15.1 Å². The Kier molecular flexibility index (Phi) is 8.43. The van der Waals surface area contributed by atoms with Gasteiger partial charge in [-0.2, -0.15) is 4.98 Å². The summed E-state index contributed by atoms with van der Waals surface area (Å²) in [5.41, 5.74) is 4.23. The summed E-state index contributed by atoms with van der Waals surface area (Å²) < 4.78 is 20.4. The maximum absolute atomic E-state index is 14.7. The second kappa shape index (κ2) is 12.1. The van der Waals surface area contributed by atoms with Crippen LogP contribution in [-0.2, 0) is 18.9 Å². The summed E-state index contributed by atoms with van der Waals surface area (Å²) in [6.45, 7) is 2.67. The molecule has 0 bridgehead atoms. The van der Waals surface area contributed by atoms with E-state index in [-0.39, 0.29) is 18.4 Å². The second-order valence-corrected chi connectivity index (χ2v) is 8.77. The number of hydrazine groups is 1. The lowest BCUT2D eigenvalue weighted by Crippen LogP contribution is -2.37. The lowest BCUT2D eigenvalue weighted by atomic mass is 10.2. The first-order valence-electron chi connectivity index (χ1n) is 11.1. The number of nitrogens with two attached hydrogens (primary N) is 1. The molecule has 0 fully saturated rings. The summed E-state index contributed by atoms with van der Waals surface area (Å²) in [5.74, 6) is 6.20. The second-order valence-electron chi connectivity index (χ2n) is 7.83. The molecular formula is C27H26FN5OS. The topological polar surface area (TPSA) is 76.6 Å².